The first-order valence-corrected chi connectivity index (χ1v) is 3.27. The Morgan fingerprint density at radius 2 is 2.67 bits per heavy atom. The van der Waals surface area contributed by atoms with Gasteiger partial charge in [-0.15, -0.1) is 0 Å². The molecule has 52 valence electrons. The number of ether oxygens (including phenoxy) is 1. The molecule has 0 aromatic heterocycles. The van der Waals surface area contributed by atoms with E-state index in [1.165, 1.54) is 0 Å². The Hall–Kier alpha value is -0.730. The largest absolute Gasteiger partial charge is 0.446 e. The van der Waals surface area contributed by atoms with Crippen LogP contribution >= 0.6 is 0 Å². The fourth-order valence-electron chi connectivity index (χ4n) is 0.875. The first-order chi connectivity index (χ1) is 4.33. The van der Waals surface area contributed by atoms with Crippen LogP contribution in [0.1, 0.15) is 19.8 Å². The highest BCUT2D eigenvalue weighted by Gasteiger charge is 2.16. The van der Waals surface area contributed by atoms with Crippen LogP contribution in [0, 0.1) is 0 Å². The minimum atomic E-state index is -0.270. The van der Waals surface area contributed by atoms with Crippen molar-refractivity contribution in [3.05, 3.63) is 0 Å². The first kappa shape index (κ1) is 6.39. The highest BCUT2D eigenvalue weighted by atomic mass is 16.6. The lowest BCUT2D eigenvalue weighted by atomic mass is 10.2. The fraction of sp³-hybridized carbons (Fsp3) is 0.833. The molecule has 1 saturated heterocycles. The molecule has 1 aliphatic rings. The Morgan fingerprint density at radius 3 is 3.11 bits per heavy atom. The second-order valence-corrected chi connectivity index (χ2v) is 2.15. The molecule has 0 radical (unpaired) electrons. The van der Waals surface area contributed by atoms with Gasteiger partial charge in [0.05, 0.1) is 0 Å². The van der Waals surface area contributed by atoms with Gasteiger partial charge in [-0.2, -0.15) is 0 Å². The number of cyclic esters (lactones) is 1. The Bertz CT molecular complexity index is 114. The molecule has 0 saturated carbocycles. The number of amides is 1. The zero-order valence-electron chi connectivity index (χ0n) is 5.52. The molecular weight excluding hydrogens is 118 g/mol. The zero-order valence-corrected chi connectivity index (χ0v) is 5.52. The number of rotatable bonds is 1. The van der Waals surface area contributed by atoms with E-state index in [0.717, 1.165) is 19.4 Å². The van der Waals surface area contributed by atoms with Crippen LogP contribution in [0.2, 0.25) is 0 Å². The van der Waals surface area contributed by atoms with Gasteiger partial charge in [0, 0.05) is 13.0 Å². The van der Waals surface area contributed by atoms with Crippen molar-refractivity contribution >= 4 is 6.09 Å². The van der Waals surface area contributed by atoms with Gasteiger partial charge < -0.3 is 10.1 Å². The molecule has 0 aliphatic carbocycles. The molecular formula is C6H11NO2. The number of alkyl carbamates (subject to hydrolysis) is 1. The average molecular weight is 129 g/mol. The van der Waals surface area contributed by atoms with Gasteiger partial charge in [0.2, 0.25) is 0 Å². The van der Waals surface area contributed by atoms with Crippen molar-refractivity contribution < 1.29 is 9.53 Å². The molecule has 1 fully saturated rings. The van der Waals surface area contributed by atoms with Crippen LogP contribution in [0.15, 0.2) is 0 Å². The van der Waals surface area contributed by atoms with E-state index >= 15 is 0 Å². The highest BCUT2D eigenvalue weighted by Crippen LogP contribution is 2.06. The summed E-state index contributed by atoms with van der Waals surface area (Å²) in [6, 6.07) is 0. The van der Waals surface area contributed by atoms with E-state index in [1.807, 2.05) is 6.92 Å². The fourth-order valence-corrected chi connectivity index (χ4v) is 0.875. The van der Waals surface area contributed by atoms with Gasteiger partial charge in [0.15, 0.2) is 0 Å². The maximum absolute atomic E-state index is 10.5. The number of nitrogens with one attached hydrogen (secondary N) is 1. The lowest BCUT2D eigenvalue weighted by Gasteiger charge is -2.21. The number of hydrogen-bond donors (Lipinski definition) is 1. The Kier molecular flexibility index (Phi) is 1.92. The SMILES string of the molecule is CCC1CCNC(=O)O1. The topological polar surface area (TPSA) is 38.3 Å². The summed E-state index contributed by atoms with van der Waals surface area (Å²) in [7, 11) is 0. The molecule has 0 aromatic carbocycles. The first-order valence-electron chi connectivity index (χ1n) is 3.27. The van der Waals surface area contributed by atoms with Crippen molar-refractivity contribution in [3.8, 4) is 0 Å². The smallest absolute Gasteiger partial charge is 0.407 e. The lowest BCUT2D eigenvalue weighted by Crippen LogP contribution is -2.37. The third kappa shape index (κ3) is 1.59. The molecule has 0 bridgehead atoms. The third-order valence-corrected chi connectivity index (χ3v) is 1.46. The number of hydrogen-bond acceptors (Lipinski definition) is 2. The van der Waals surface area contributed by atoms with Crippen LogP contribution in [0.5, 0.6) is 0 Å². The van der Waals surface area contributed by atoms with Crippen LogP contribution in [0.25, 0.3) is 0 Å². The molecule has 9 heavy (non-hydrogen) atoms. The van der Waals surface area contributed by atoms with Crippen molar-refractivity contribution in [2.45, 2.75) is 25.9 Å². The predicted molar refractivity (Wildman–Crippen MR) is 33.2 cm³/mol. The summed E-state index contributed by atoms with van der Waals surface area (Å²) in [5.74, 6) is 0. The van der Waals surface area contributed by atoms with Gasteiger partial charge in [-0.05, 0) is 6.42 Å². The lowest BCUT2D eigenvalue weighted by molar-refractivity contribution is 0.0721. The second-order valence-electron chi connectivity index (χ2n) is 2.15. The molecule has 3 nitrogen and oxygen atoms in total. The second kappa shape index (κ2) is 2.71. The number of carbonyl (C=O) groups is 1. The van der Waals surface area contributed by atoms with E-state index in [1.54, 1.807) is 0 Å². The van der Waals surface area contributed by atoms with Crippen LogP contribution < -0.4 is 5.32 Å². The molecule has 1 rings (SSSR count). The average Bonchev–Trinajstić information content (AvgIpc) is 1.88. The molecule has 0 aromatic rings. The number of carbonyl (C=O) groups excluding carboxylic acids is 1. The van der Waals surface area contributed by atoms with Crippen molar-refractivity contribution in [1.29, 1.82) is 0 Å². The van der Waals surface area contributed by atoms with Gasteiger partial charge in [-0.25, -0.2) is 4.79 Å². The van der Waals surface area contributed by atoms with E-state index in [2.05, 4.69) is 5.32 Å². The maximum Gasteiger partial charge on any atom is 0.407 e. The Morgan fingerprint density at radius 1 is 1.89 bits per heavy atom. The van der Waals surface area contributed by atoms with Gasteiger partial charge in [0.1, 0.15) is 6.10 Å². The molecule has 0 spiro atoms. The summed E-state index contributed by atoms with van der Waals surface area (Å²) in [4.78, 5) is 10.5. The van der Waals surface area contributed by atoms with Crippen molar-refractivity contribution in [2.75, 3.05) is 6.54 Å². The van der Waals surface area contributed by atoms with E-state index in [4.69, 9.17) is 4.74 Å². The van der Waals surface area contributed by atoms with Crippen LogP contribution in [0.4, 0.5) is 4.79 Å². The Balaban J connectivity index is 2.32. The Labute approximate surface area is 54.4 Å². The van der Waals surface area contributed by atoms with Gasteiger partial charge in [-0.1, -0.05) is 6.92 Å². The predicted octanol–water partition coefficient (Wildman–Crippen LogP) is 0.895. The molecule has 3 heteroatoms. The summed E-state index contributed by atoms with van der Waals surface area (Å²) in [5, 5.41) is 2.59. The third-order valence-electron chi connectivity index (χ3n) is 1.46. The molecule has 1 N–H and O–H groups in total. The molecule has 1 atom stereocenters. The standard InChI is InChI=1S/C6H11NO2/c1-2-5-3-4-7-6(8)9-5/h5H,2-4H2,1H3,(H,7,8). The molecule has 1 amide bonds. The molecule has 1 aliphatic heterocycles. The summed E-state index contributed by atoms with van der Waals surface area (Å²) in [6.45, 7) is 2.78. The van der Waals surface area contributed by atoms with E-state index < -0.39 is 0 Å². The van der Waals surface area contributed by atoms with E-state index in [-0.39, 0.29) is 12.2 Å². The minimum Gasteiger partial charge on any atom is -0.446 e. The van der Waals surface area contributed by atoms with Gasteiger partial charge >= 0.3 is 6.09 Å². The summed E-state index contributed by atoms with van der Waals surface area (Å²) in [5.41, 5.74) is 0. The zero-order chi connectivity index (χ0) is 6.69. The van der Waals surface area contributed by atoms with E-state index in [9.17, 15) is 4.79 Å². The highest BCUT2D eigenvalue weighted by molar-refractivity contribution is 5.67. The van der Waals surface area contributed by atoms with Crippen molar-refractivity contribution in [3.63, 3.8) is 0 Å². The van der Waals surface area contributed by atoms with Crippen LogP contribution in [-0.4, -0.2) is 18.7 Å². The summed E-state index contributed by atoms with van der Waals surface area (Å²) in [6.07, 6.45) is 1.75. The van der Waals surface area contributed by atoms with Crippen molar-refractivity contribution in [2.24, 2.45) is 0 Å². The van der Waals surface area contributed by atoms with Gasteiger partial charge in [0.25, 0.3) is 0 Å². The van der Waals surface area contributed by atoms with Gasteiger partial charge in [-0.3, -0.25) is 0 Å². The summed E-state index contributed by atoms with van der Waals surface area (Å²) >= 11 is 0. The van der Waals surface area contributed by atoms with Crippen molar-refractivity contribution in [1.82, 2.24) is 5.32 Å². The maximum atomic E-state index is 10.5. The van der Waals surface area contributed by atoms with Crippen LogP contribution in [-0.2, 0) is 4.74 Å². The minimum absolute atomic E-state index is 0.152. The van der Waals surface area contributed by atoms with Crippen LogP contribution in [0.3, 0.4) is 0 Å². The molecule has 1 heterocycles. The molecule has 1 unspecified atom stereocenters. The normalized spacial score (nSPS) is 26.8. The quantitative estimate of drug-likeness (QED) is 0.571. The summed E-state index contributed by atoms with van der Waals surface area (Å²) < 4.78 is 4.89. The monoisotopic (exact) mass is 129 g/mol. The van der Waals surface area contributed by atoms with E-state index in [0.29, 0.717) is 0 Å².